The van der Waals surface area contributed by atoms with Gasteiger partial charge in [-0.3, -0.25) is 9.59 Å². The van der Waals surface area contributed by atoms with Gasteiger partial charge in [-0.2, -0.15) is 0 Å². The predicted octanol–water partition coefficient (Wildman–Crippen LogP) is 4.12. The normalized spacial score (nSPS) is 10.6. The molecular weight excluding hydrogens is 380 g/mol. The molecule has 0 unspecified atom stereocenters. The molecule has 150 valence electrons. The lowest BCUT2D eigenvalue weighted by molar-refractivity contribution is -0.114. The van der Waals surface area contributed by atoms with Gasteiger partial charge in [0.2, 0.25) is 5.91 Å². The van der Waals surface area contributed by atoms with Crippen LogP contribution in [0.5, 0.6) is 5.75 Å². The number of anilines is 2. The van der Waals surface area contributed by atoms with E-state index in [2.05, 4.69) is 15.6 Å². The molecule has 0 saturated carbocycles. The molecule has 30 heavy (non-hydrogen) atoms. The van der Waals surface area contributed by atoms with E-state index < -0.39 is 0 Å². The maximum Gasteiger partial charge on any atom is 0.255 e. The number of pyridine rings is 1. The molecule has 0 spiro atoms. The van der Waals surface area contributed by atoms with Crippen LogP contribution >= 0.6 is 0 Å². The first-order chi connectivity index (χ1) is 14.6. The average Bonchev–Trinajstić information content (AvgIpc) is 3.15. The summed E-state index contributed by atoms with van der Waals surface area (Å²) in [4.78, 5) is 28.2. The SMILES string of the molecule is CC(=O)Nc1cccc(NC(=O)c2ccc(OCc3cn4ccccc4n3)cc2)c1. The summed E-state index contributed by atoms with van der Waals surface area (Å²) in [5.41, 5.74) is 3.40. The maximum absolute atomic E-state index is 12.5. The molecule has 0 fully saturated rings. The molecule has 0 bridgehead atoms. The van der Waals surface area contributed by atoms with E-state index in [0.29, 0.717) is 29.3 Å². The van der Waals surface area contributed by atoms with Gasteiger partial charge in [-0.25, -0.2) is 4.98 Å². The van der Waals surface area contributed by atoms with Gasteiger partial charge in [-0.05, 0) is 54.6 Å². The standard InChI is InChI=1S/C23H20N4O3/c1-16(28)24-18-5-4-6-19(13-18)26-23(29)17-8-10-21(11-9-17)30-15-20-14-27-12-3-2-7-22(27)25-20/h2-14H,15H2,1H3,(H,24,28)(H,26,29). The van der Waals surface area contributed by atoms with Crippen LogP contribution < -0.4 is 15.4 Å². The molecule has 2 aromatic carbocycles. The van der Waals surface area contributed by atoms with Crippen LogP contribution in [0.3, 0.4) is 0 Å². The van der Waals surface area contributed by atoms with Gasteiger partial charge in [0.05, 0.1) is 5.69 Å². The van der Waals surface area contributed by atoms with Gasteiger partial charge in [-0.15, -0.1) is 0 Å². The second-order valence-electron chi connectivity index (χ2n) is 6.73. The Labute approximate surface area is 173 Å². The highest BCUT2D eigenvalue weighted by atomic mass is 16.5. The van der Waals surface area contributed by atoms with Crippen molar-refractivity contribution in [3.8, 4) is 5.75 Å². The summed E-state index contributed by atoms with van der Waals surface area (Å²) in [6.07, 6.45) is 3.86. The highest BCUT2D eigenvalue weighted by molar-refractivity contribution is 6.04. The van der Waals surface area contributed by atoms with Crippen LogP contribution in [0.15, 0.2) is 79.1 Å². The van der Waals surface area contributed by atoms with E-state index in [1.165, 1.54) is 6.92 Å². The van der Waals surface area contributed by atoms with Crippen LogP contribution in [0.1, 0.15) is 23.0 Å². The molecular formula is C23H20N4O3. The smallest absolute Gasteiger partial charge is 0.255 e. The molecule has 0 aliphatic carbocycles. The molecule has 4 rings (SSSR count). The van der Waals surface area contributed by atoms with Gasteiger partial charge >= 0.3 is 0 Å². The van der Waals surface area contributed by atoms with Crippen LogP contribution in [-0.4, -0.2) is 21.2 Å². The lowest BCUT2D eigenvalue weighted by Crippen LogP contribution is -2.12. The minimum Gasteiger partial charge on any atom is -0.487 e. The first-order valence-electron chi connectivity index (χ1n) is 9.41. The number of imidazole rings is 1. The summed E-state index contributed by atoms with van der Waals surface area (Å²) in [7, 11) is 0. The van der Waals surface area contributed by atoms with E-state index >= 15 is 0 Å². The van der Waals surface area contributed by atoms with Crippen LogP contribution in [-0.2, 0) is 11.4 Å². The zero-order valence-corrected chi connectivity index (χ0v) is 16.3. The molecule has 0 radical (unpaired) electrons. The van der Waals surface area contributed by atoms with Crippen molar-refractivity contribution in [1.29, 1.82) is 0 Å². The monoisotopic (exact) mass is 400 g/mol. The second-order valence-corrected chi connectivity index (χ2v) is 6.73. The van der Waals surface area contributed by atoms with Gasteiger partial charge in [0.15, 0.2) is 0 Å². The predicted molar refractivity (Wildman–Crippen MR) is 115 cm³/mol. The topological polar surface area (TPSA) is 84.7 Å². The number of hydrogen-bond donors (Lipinski definition) is 2. The lowest BCUT2D eigenvalue weighted by atomic mass is 10.2. The third-order valence-electron chi connectivity index (χ3n) is 4.36. The molecule has 0 saturated heterocycles. The number of hydrogen-bond acceptors (Lipinski definition) is 4. The average molecular weight is 400 g/mol. The van der Waals surface area contributed by atoms with Crippen molar-refractivity contribution in [2.75, 3.05) is 10.6 Å². The zero-order chi connectivity index (χ0) is 20.9. The number of ether oxygens (including phenoxy) is 1. The minimum atomic E-state index is -0.248. The number of amides is 2. The zero-order valence-electron chi connectivity index (χ0n) is 16.3. The van der Waals surface area contributed by atoms with Gasteiger partial charge < -0.3 is 19.8 Å². The van der Waals surface area contributed by atoms with E-state index in [9.17, 15) is 9.59 Å². The molecule has 2 aromatic heterocycles. The Morgan fingerprint density at radius 1 is 0.967 bits per heavy atom. The molecule has 7 nitrogen and oxygen atoms in total. The van der Waals surface area contributed by atoms with E-state index in [4.69, 9.17) is 4.74 Å². The summed E-state index contributed by atoms with van der Waals surface area (Å²) in [5, 5.41) is 5.51. The van der Waals surface area contributed by atoms with Gasteiger partial charge in [0.1, 0.15) is 18.0 Å². The Morgan fingerprint density at radius 3 is 2.47 bits per heavy atom. The number of rotatable bonds is 6. The quantitative estimate of drug-likeness (QED) is 0.510. The number of nitrogens with one attached hydrogen (secondary N) is 2. The Hall–Kier alpha value is -4.13. The molecule has 7 heteroatoms. The Bertz CT molecular complexity index is 1170. The van der Waals surface area contributed by atoms with Crippen LogP contribution in [0, 0.1) is 0 Å². The van der Waals surface area contributed by atoms with Crippen LogP contribution in [0.25, 0.3) is 5.65 Å². The summed E-state index contributed by atoms with van der Waals surface area (Å²) in [6, 6.07) is 19.7. The number of benzene rings is 2. The summed E-state index contributed by atoms with van der Waals surface area (Å²) < 4.78 is 7.72. The van der Waals surface area contributed by atoms with Crippen molar-refractivity contribution < 1.29 is 14.3 Å². The third-order valence-corrected chi connectivity index (χ3v) is 4.36. The van der Waals surface area contributed by atoms with Crippen molar-refractivity contribution in [3.63, 3.8) is 0 Å². The van der Waals surface area contributed by atoms with Crippen molar-refractivity contribution in [2.45, 2.75) is 13.5 Å². The Kier molecular flexibility index (Phi) is 5.43. The van der Waals surface area contributed by atoms with Crippen molar-refractivity contribution in [2.24, 2.45) is 0 Å². The fourth-order valence-corrected chi connectivity index (χ4v) is 3.00. The number of carbonyl (C=O) groups excluding carboxylic acids is 2. The maximum atomic E-state index is 12.5. The summed E-state index contributed by atoms with van der Waals surface area (Å²) >= 11 is 0. The molecule has 4 aromatic rings. The molecule has 2 N–H and O–H groups in total. The van der Waals surface area contributed by atoms with Crippen LogP contribution in [0.2, 0.25) is 0 Å². The second kappa shape index (κ2) is 8.48. The van der Waals surface area contributed by atoms with Gasteiger partial charge in [0.25, 0.3) is 5.91 Å². The fourth-order valence-electron chi connectivity index (χ4n) is 3.00. The molecule has 2 heterocycles. The van der Waals surface area contributed by atoms with Crippen molar-refractivity contribution >= 4 is 28.8 Å². The fraction of sp³-hybridized carbons (Fsp3) is 0.0870. The van der Waals surface area contributed by atoms with E-state index in [-0.39, 0.29) is 11.8 Å². The lowest BCUT2D eigenvalue weighted by Gasteiger charge is -2.09. The first kappa shape index (κ1) is 19.2. The minimum absolute atomic E-state index is 0.169. The largest absolute Gasteiger partial charge is 0.487 e. The van der Waals surface area contributed by atoms with E-state index in [1.54, 1.807) is 48.5 Å². The van der Waals surface area contributed by atoms with Crippen molar-refractivity contribution in [1.82, 2.24) is 9.38 Å². The summed E-state index contributed by atoms with van der Waals surface area (Å²) in [5.74, 6) is 0.232. The molecule has 0 aliphatic heterocycles. The number of fused-ring (bicyclic) bond motifs is 1. The van der Waals surface area contributed by atoms with Gasteiger partial charge in [0, 0.05) is 36.3 Å². The van der Waals surface area contributed by atoms with Crippen molar-refractivity contribution in [3.05, 3.63) is 90.4 Å². The number of carbonyl (C=O) groups is 2. The Morgan fingerprint density at radius 2 is 1.73 bits per heavy atom. The Balaban J connectivity index is 1.36. The molecule has 2 amide bonds. The summed E-state index contributed by atoms with van der Waals surface area (Å²) in [6.45, 7) is 1.77. The molecule has 0 aliphatic rings. The van der Waals surface area contributed by atoms with E-state index in [0.717, 1.165) is 11.3 Å². The van der Waals surface area contributed by atoms with Crippen LogP contribution in [0.4, 0.5) is 11.4 Å². The first-order valence-corrected chi connectivity index (χ1v) is 9.41. The highest BCUT2D eigenvalue weighted by Gasteiger charge is 2.08. The third kappa shape index (κ3) is 4.64. The number of aromatic nitrogens is 2. The molecule has 0 atom stereocenters. The highest BCUT2D eigenvalue weighted by Crippen LogP contribution is 2.18. The van der Waals surface area contributed by atoms with Gasteiger partial charge in [-0.1, -0.05) is 12.1 Å². The van der Waals surface area contributed by atoms with E-state index in [1.807, 2.05) is 35.0 Å². The number of nitrogens with zero attached hydrogens (tertiary/aromatic N) is 2.